The van der Waals surface area contributed by atoms with Crippen LogP contribution in [-0.2, 0) is 9.59 Å². The average molecular weight is 300 g/mol. The molecule has 1 aromatic rings. The van der Waals surface area contributed by atoms with Crippen molar-refractivity contribution in [3.8, 4) is 0 Å². The standard InChI is InChI=1S/C17H16O5/c1-9-7-8-12(18)16(2,13(9)19)17(22)14(20)10-5-3-4-6-11(10)15(17)21/h3-6,9,22H,7-8H2,1-2H3. The third-order valence-electron chi connectivity index (χ3n) is 5.10. The van der Waals surface area contributed by atoms with Crippen molar-refractivity contribution in [3.05, 3.63) is 35.4 Å². The van der Waals surface area contributed by atoms with Crippen molar-refractivity contribution in [1.82, 2.24) is 0 Å². The monoisotopic (exact) mass is 300 g/mol. The molecule has 1 aromatic carbocycles. The molecule has 1 N–H and O–H groups in total. The molecule has 5 nitrogen and oxygen atoms in total. The van der Waals surface area contributed by atoms with Gasteiger partial charge in [0.05, 0.1) is 0 Å². The molecule has 1 fully saturated rings. The van der Waals surface area contributed by atoms with Crippen LogP contribution in [-0.4, -0.2) is 33.8 Å². The lowest BCUT2D eigenvalue weighted by molar-refractivity contribution is -0.156. The molecule has 0 bridgehead atoms. The van der Waals surface area contributed by atoms with Gasteiger partial charge >= 0.3 is 0 Å². The first-order valence-corrected chi connectivity index (χ1v) is 7.25. The molecule has 114 valence electrons. The fourth-order valence-corrected chi connectivity index (χ4v) is 3.57. The van der Waals surface area contributed by atoms with Crippen LogP contribution in [0.15, 0.2) is 24.3 Å². The van der Waals surface area contributed by atoms with Crippen LogP contribution in [0.5, 0.6) is 0 Å². The summed E-state index contributed by atoms with van der Waals surface area (Å²) < 4.78 is 0. The minimum atomic E-state index is -2.63. The zero-order valence-corrected chi connectivity index (χ0v) is 12.4. The van der Waals surface area contributed by atoms with E-state index in [1.54, 1.807) is 19.1 Å². The van der Waals surface area contributed by atoms with Crippen LogP contribution < -0.4 is 0 Å². The Morgan fingerprint density at radius 1 is 1.05 bits per heavy atom. The molecule has 2 atom stereocenters. The third-order valence-corrected chi connectivity index (χ3v) is 5.10. The molecule has 0 aromatic heterocycles. The van der Waals surface area contributed by atoms with Gasteiger partial charge in [-0.3, -0.25) is 19.2 Å². The quantitative estimate of drug-likeness (QED) is 0.791. The minimum Gasteiger partial charge on any atom is -0.373 e. The smallest absolute Gasteiger partial charge is 0.210 e. The summed E-state index contributed by atoms with van der Waals surface area (Å²) in [4.78, 5) is 50.3. The van der Waals surface area contributed by atoms with Crippen molar-refractivity contribution in [3.63, 3.8) is 0 Å². The van der Waals surface area contributed by atoms with Gasteiger partial charge in [0, 0.05) is 23.5 Å². The fraction of sp³-hybridized carbons (Fsp3) is 0.412. The molecule has 2 unspecified atom stereocenters. The number of rotatable bonds is 1. The predicted molar refractivity (Wildman–Crippen MR) is 76.6 cm³/mol. The minimum absolute atomic E-state index is 0.0649. The molecular weight excluding hydrogens is 284 g/mol. The van der Waals surface area contributed by atoms with E-state index in [9.17, 15) is 24.3 Å². The van der Waals surface area contributed by atoms with Gasteiger partial charge in [-0.25, -0.2) is 0 Å². The van der Waals surface area contributed by atoms with Crippen LogP contribution in [0.2, 0.25) is 0 Å². The van der Waals surface area contributed by atoms with E-state index in [4.69, 9.17) is 0 Å². The second-order valence-corrected chi connectivity index (χ2v) is 6.27. The first kappa shape index (κ1) is 14.8. The third kappa shape index (κ3) is 1.47. The summed E-state index contributed by atoms with van der Waals surface area (Å²) in [5.74, 6) is -3.28. The van der Waals surface area contributed by atoms with Crippen LogP contribution in [0.4, 0.5) is 0 Å². The van der Waals surface area contributed by atoms with Crippen LogP contribution >= 0.6 is 0 Å². The number of carbonyl (C=O) groups is 4. The Morgan fingerprint density at radius 2 is 1.55 bits per heavy atom. The predicted octanol–water partition coefficient (Wildman–Crippen LogP) is 1.37. The van der Waals surface area contributed by atoms with Gasteiger partial charge < -0.3 is 5.11 Å². The summed E-state index contributed by atoms with van der Waals surface area (Å²) in [5, 5.41) is 11.0. The van der Waals surface area contributed by atoms with Crippen LogP contribution in [0.25, 0.3) is 0 Å². The number of aliphatic hydroxyl groups is 1. The Hall–Kier alpha value is -2.14. The SMILES string of the molecule is CC1CCC(=O)C(C)(C2(O)C(=O)c3ccccc3C2=O)C1=O. The molecule has 0 saturated heterocycles. The number of benzene rings is 1. The van der Waals surface area contributed by atoms with Gasteiger partial charge in [-0.2, -0.15) is 0 Å². The zero-order valence-electron chi connectivity index (χ0n) is 12.4. The van der Waals surface area contributed by atoms with Crippen LogP contribution in [0.3, 0.4) is 0 Å². The highest BCUT2D eigenvalue weighted by Gasteiger charge is 2.69. The highest BCUT2D eigenvalue weighted by Crippen LogP contribution is 2.48. The van der Waals surface area contributed by atoms with Gasteiger partial charge in [-0.1, -0.05) is 31.2 Å². The molecule has 0 aliphatic heterocycles. The van der Waals surface area contributed by atoms with Gasteiger partial charge in [0.1, 0.15) is 11.2 Å². The second kappa shape index (κ2) is 4.43. The highest BCUT2D eigenvalue weighted by molar-refractivity contribution is 6.37. The Morgan fingerprint density at radius 3 is 2.05 bits per heavy atom. The van der Waals surface area contributed by atoms with Crippen molar-refractivity contribution >= 4 is 23.1 Å². The number of hydrogen-bond acceptors (Lipinski definition) is 5. The fourth-order valence-electron chi connectivity index (χ4n) is 3.57. The molecular formula is C17H16O5. The van der Waals surface area contributed by atoms with Crippen molar-refractivity contribution in [2.24, 2.45) is 11.3 Å². The Labute approximate surface area is 127 Å². The van der Waals surface area contributed by atoms with Crippen LogP contribution in [0.1, 0.15) is 47.4 Å². The van der Waals surface area contributed by atoms with Crippen molar-refractivity contribution in [1.29, 1.82) is 0 Å². The highest BCUT2D eigenvalue weighted by atomic mass is 16.3. The second-order valence-electron chi connectivity index (χ2n) is 6.27. The maximum atomic E-state index is 12.7. The van der Waals surface area contributed by atoms with Crippen molar-refractivity contribution in [2.75, 3.05) is 0 Å². The van der Waals surface area contributed by atoms with Gasteiger partial charge in [-0.05, 0) is 13.3 Å². The summed E-state index contributed by atoms with van der Waals surface area (Å²) >= 11 is 0. The molecule has 2 aliphatic carbocycles. The van der Waals surface area contributed by atoms with Crippen molar-refractivity contribution < 1.29 is 24.3 Å². The first-order chi connectivity index (χ1) is 10.3. The summed E-state index contributed by atoms with van der Waals surface area (Å²) in [6.07, 6.45) is 0.446. The van der Waals surface area contributed by atoms with Gasteiger partial charge in [-0.15, -0.1) is 0 Å². The molecule has 2 aliphatic rings. The number of ketones is 4. The summed E-state index contributed by atoms with van der Waals surface area (Å²) in [7, 11) is 0. The topological polar surface area (TPSA) is 88.5 Å². The number of hydrogen-bond donors (Lipinski definition) is 1. The van der Waals surface area contributed by atoms with E-state index in [-0.39, 0.29) is 17.5 Å². The van der Waals surface area contributed by atoms with Gasteiger partial charge in [0.25, 0.3) is 0 Å². The molecule has 5 heteroatoms. The van der Waals surface area contributed by atoms with E-state index >= 15 is 0 Å². The number of carbonyl (C=O) groups excluding carboxylic acids is 4. The lowest BCUT2D eigenvalue weighted by Gasteiger charge is -2.41. The van der Waals surface area contributed by atoms with Crippen LogP contribution in [0, 0.1) is 11.3 Å². The molecule has 3 rings (SSSR count). The molecule has 0 spiro atoms. The molecule has 22 heavy (non-hydrogen) atoms. The van der Waals surface area contributed by atoms with E-state index in [1.165, 1.54) is 19.1 Å². The van der Waals surface area contributed by atoms with Gasteiger partial charge in [0.2, 0.25) is 17.2 Å². The normalized spacial score (nSPS) is 30.6. The van der Waals surface area contributed by atoms with Crippen molar-refractivity contribution in [2.45, 2.75) is 32.3 Å². The Bertz CT molecular complexity index is 697. The molecule has 0 heterocycles. The lowest BCUT2D eigenvalue weighted by Crippen LogP contribution is -2.64. The molecule has 0 radical (unpaired) electrons. The molecule has 1 saturated carbocycles. The Balaban J connectivity index is 2.23. The summed E-state index contributed by atoms with van der Waals surface area (Å²) in [6.45, 7) is 2.88. The summed E-state index contributed by atoms with van der Waals surface area (Å²) in [5.41, 5.74) is -4.51. The maximum Gasteiger partial charge on any atom is 0.210 e. The first-order valence-electron chi connectivity index (χ1n) is 7.25. The Kier molecular flexibility index (Phi) is 2.98. The maximum absolute atomic E-state index is 12.7. The average Bonchev–Trinajstić information content (AvgIpc) is 2.72. The number of Topliss-reactive ketones (excluding diaryl/α,β-unsaturated/α-hetero) is 4. The van der Waals surface area contributed by atoms with E-state index in [2.05, 4.69) is 0 Å². The van der Waals surface area contributed by atoms with Gasteiger partial charge in [0.15, 0.2) is 5.78 Å². The van der Waals surface area contributed by atoms with E-state index in [0.29, 0.717) is 6.42 Å². The van der Waals surface area contributed by atoms with E-state index in [1.807, 2.05) is 0 Å². The summed E-state index contributed by atoms with van der Waals surface area (Å²) in [6, 6.07) is 6.01. The number of fused-ring (bicyclic) bond motifs is 1. The molecule has 0 amide bonds. The lowest BCUT2D eigenvalue weighted by atomic mass is 9.58. The zero-order chi connectivity index (χ0) is 16.3. The van der Waals surface area contributed by atoms with E-state index in [0.717, 1.165) is 0 Å². The van der Waals surface area contributed by atoms with E-state index < -0.39 is 40.1 Å². The largest absolute Gasteiger partial charge is 0.373 e.